The maximum atomic E-state index is 7.15. The van der Waals surface area contributed by atoms with E-state index in [4.69, 9.17) is 5.41 Å². The summed E-state index contributed by atoms with van der Waals surface area (Å²) in [6, 6.07) is 0. The zero-order valence-electron chi connectivity index (χ0n) is 5.57. The first-order chi connectivity index (χ1) is 3.81. The molecule has 0 spiro atoms. The van der Waals surface area contributed by atoms with Crippen molar-refractivity contribution in [1.82, 2.24) is 0 Å². The summed E-state index contributed by atoms with van der Waals surface area (Å²) in [6.45, 7) is 4.06. The summed E-state index contributed by atoms with van der Waals surface area (Å²) in [6.07, 6.45) is 5.74. The Morgan fingerprint density at radius 3 is 2.50 bits per heavy atom. The quantitative estimate of drug-likeness (QED) is 0.541. The molecule has 0 saturated carbocycles. The van der Waals surface area contributed by atoms with Crippen molar-refractivity contribution in [3.8, 4) is 0 Å². The minimum atomic E-state index is 0.715. The number of hydrogen-bond donors (Lipinski definition) is 1. The van der Waals surface area contributed by atoms with E-state index in [0.29, 0.717) is 5.71 Å². The average molecular weight is 111 g/mol. The van der Waals surface area contributed by atoms with Gasteiger partial charge < -0.3 is 5.41 Å². The lowest BCUT2D eigenvalue weighted by molar-refractivity contribution is 1.21. The molecule has 0 aliphatic heterocycles. The molecule has 0 radical (unpaired) electrons. The van der Waals surface area contributed by atoms with Gasteiger partial charge in [-0.2, -0.15) is 0 Å². The van der Waals surface area contributed by atoms with E-state index >= 15 is 0 Å². The molecule has 0 fully saturated rings. The van der Waals surface area contributed by atoms with E-state index in [9.17, 15) is 0 Å². The van der Waals surface area contributed by atoms with E-state index in [2.05, 4.69) is 6.92 Å². The Morgan fingerprint density at radius 2 is 2.12 bits per heavy atom. The van der Waals surface area contributed by atoms with Gasteiger partial charge in [0.15, 0.2) is 0 Å². The van der Waals surface area contributed by atoms with Gasteiger partial charge in [-0.3, -0.25) is 0 Å². The second-order valence-corrected chi connectivity index (χ2v) is 1.69. The van der Waals surface area contributed by atoms with Crippen LogP contribution in [0, 0.1) is 5.41 Å². The third-order valence-electron chi connectivity index (χ3n) is 0.936. The standard InChI is InChI=1S/C7H13N/c1-3-5-6-7(8)4-2/h5-6,8H,3-4H2,1-2H3/b6-5-,8-7?. The zero-order valence-corrected chi connectivity index (χ0v) is 5.57. The molecule has 46 valence electrons. The van der Waals surface area contributed by atoms with Crippen LogP contribution in [-0.4, -0.2) is 5.71 Å². The van der Waals surface area contributed by atoms with Crippen LogP contribution >= 0.6 is 0 Å². The van der Waals surface area contributed by atoms with Crippen molar-refractivity contribution >= 4 is 5.71 Å². The van der Waals surface area contributed by atoms with Gasteiger partial charge in [0.2, 0.25) is 0 Å². The van der Waals surface area contributed by atoms with Crippen molar-refractivity contribution in [2.75, 3.05) is 0 Å². The van der Waals surface area contributed by atoms with Gasteiger partial charge in [0, 0.05) is 5.71 Å². The highest BCUT2D eigenvalue weighted by molar-refractivity contribution is 5.91. The second kappa shape index (κ2) is 4.57. The van der Waals surface area contributed by atoms with Gasteiger partial charge in [0.25, 0.3) is 0 Å². The molecule has 0 heterocycles. The van der Waals surface area contributed by atoms with Gasteiger partial charge in [-0.25, -0.2) is 0 Å². The largest absolute Gasteiger partial charge is 0.305 e. The average Bonchev–Trinajstić information content (AvgIpc) is 1.83. The molecule has 0 rings (SSSR count). The van der Waals surface area contributed by atoms with E-state index < -0.39 is 0 Å². The van der Waals surface area contributed by atoms with Crippen LogP contribution in [0.2, 0.25) is 0 Å². The Kier molecular flexibility index (Phi) is 4.23. The molecule has 0 aromatic rings. The third kappa shape index (κ3) is 3.59. The molecule has 0 atom stereocenters. The van der Waals surface area contributed by atoms with Crippen molar-refractivity contribution < 1.29 is 0 Å². The Hall–Kier alpha value is -0.590. The fourth-order valence-corrected chi connectivity index (χ4v) is 0.378. The summed E-state index contributed by atoms with van der Waals surface area (Å²) < 4.78 is 0. The maximum Gasteiger partial charge on any atom is 0.0308 e. The molecule has 0 bridgehead atoms. The molecular formula is C7H13N. The molecule has 0 amide bonds. The molecule has 0 aliphatic rings. The first-order valence-electron chi connectivity index (χ1n) is 3.05. The van der Waals surface area contributed by atoms with Crippen LogP contribution in [0.5, 0.6) is 0 Å². The van der Waals surface area contributed by atoms with Crippen LogP contribution in [0.3, 0.4) is 0 Å². The summed E-state index contributed by atoms with van der Waals surface area (Å²) in [5.74, 6) is 0. The topological polar surface area (TPSA) is 23.9 Å². The van der Waals surface area contributed by atoms with E-state index in [1.807, 2.05) is 19.1 Å². The predicted molar refractivity (Wildman–Crippen MR) is 37.4 cm³/mol. The first-order valence-corrected chi connectivity index (χ1v) is 3.05. The van der Waals surface area contributed by atoms with Gasteiger partial charge in [-0.1, -0.05) is 19.9 Å². The highest BCUT2D eigenvalue weighted by Gasteiger charge is 1.79. The Labute approximate surface area is 50.9 Å². The molecule has 0 aliphatic carbocycles. The number of nitrogens with one attached hydrogen (secondary N) is 1. The highest BCUT2D eigenvalue weighted by atomic mass is 14.4. The van der Waals surface area contributed by atoms with Crippen LogP contribution in [0.4, 0.5) is 0 Å². The van der Waals surface area contributed by atoms with E-state index in [1.165, 1.54) is 0 Å². The SMILES string of the molecule is CC/C=C\C(=N)CC. The third-order valence-corrected chi connectivity index (χ3v) is 0.936. The van der Waals surface area contributed by atoms with Gasteiger partial charge in [-0.05, 0) is 18.9 Å². The summed E-state index contributed by atoms with van der Waals surface area (Å²) in [5, 5.41) is 7.15. The van der Waals surface area contributed by atoms with Gasteiger partial charge in [0.05, 0.1) is 0 Å². The van der Waals surface area contributed by atoms with Crippen molar-refractivity contribution in [3.63, 3.8) is 0 Å². The van der Waals surface area contributed by atoms with E-state index in [1.54, 1.807) is 0 Å². The van der Waals surface area contributed by atoms with E-state index in [-0.39, 0.29) is 0 Å². The van der Waals surface area contributed by atoms with Crippen molar-refractivity contribution in [1.29, 1.82) is 5.41 Å². The van der Waals surface area contributed by atoms with Crippen molar-refractivity contribution in [3.05, 3.63) is 12.2 Å². The van der Waals surface area contributed by atoms with Gasteiger partial charge >= 0.3 is 0 Å². The van der Waals surface area contributed by atoms with Gasteiger partial charge in [0.1, 0.15) is 0 Å². The van der Waals surface area contributed by atoms with Crippen LogP contribution in [0.15, 0.2) is 12.2 Å². The van der Waals surface area contributed by atoms with Gasteiger partial charge in [-0.15, -0.1) is 0 Å². The molecule has 8 heavy (non-hydrogen) atoms. The van der Waals surface area contributed by atoms with Crippen LogP contribution in [0.1, 0.15) is 26.7 Å². The summed E-state index contributed by atoms with van der Waals surface area (Å²) in [4.78, 5) is 0. The van der Waals surface area contributed by atoms with Crippen LogP contribution in [0.25, 0.3) is 0 Å². The molecule has 0 saturated heterocycles. The Balaban J connectivity index is 3.37. The fourth-order valence-electron chi connectivity index (χ4n) is 0.378. The molecule has 0 aromatic carbocycles. The highest BCUT2D eigenvalue weighted by Crippen LogP contribution is 1.85. The van der Waals surface area contributed by atoms with Crippen LogP contribution in [-0.2, 0) is 0 Å². The van der Waals surface area contributed by atoms with E-state index in [0.717, 1.165) is 12.8 Å². The monoisotopic (exact) mass is 111 g/mol. The molecule has 1 nitrogen and oxygen atoms in total. The number of hydrogen-bond acceptors (Lipinski definition) is 1. The number of rotatable bonds is 3. The van der Waals surface area contributed by atoms with Crippen molar-refractivity contribution in [2.45, 2.75) is 26.7 Å². The molecule has 0 aromatic heterocycles. The minimum absolute atomic E-state index is 0.715. The lowest BCUT2D eigenvalue weighted by atomic mass is 10.2. The Morgan fingerprint density at radius 1 is 1.50 bits per heavy atom. The predicted octanol–water partition coefficient (Wildman–Crippen LogP) is 2.38. The summed E-state index contributed by atoms with van der Waals surface area (Å²) >= 11 is 0. The lowest BCUT2D eigenvalue weighted by Gasteiger charge is -1.85. The first kappa shape index (κ1) is 7.41. The number of allylic oxidation sites excluding steroid dienone is 2. The Bertz CT molecular complexity index is 92.6. The lowest BCUT2D eigenvalue weighted by Crippen LogP contribution is -1.84. The molecule has 1 N–H and O–H groups in total. The van der Waals surface area contributed by atoms with Crippen molar-refractivity contribution in [2.24, 2.45) is 0 Å². The molecule has 1 heteroatoms. The summed E-state index contributed by atoms with van der Waals surface area (Å²) in [5.41, 5.74) is 0.715. The second-order valence-electron chi connectivity index (χ2n) is 1.69. The zero-order chi connectivity index (χ0) is 6.41. The smallest absolute Gasteiger partial charge is 0.0308 e. The minimum Gasteiger partial charge on any atom is -0.305 e. The van der Waals surface area contributed by atoms with Crippen LogP contribution < -0.4 is 0 Å². The molecule has 0 unspecified atom stereocenters. The summed E-state index contributed by atoms with van der Waals surface area (Å²) in [7, 11) is 0. The fraction of sp³-hybridized carbons (Fsp3) is 0.571. The molecular weight excluding hydrogens is 98.1 g/mol. The maximum absolute atomic E-state index is 7.15. The normalized spacial score (nSPS) is 10.2.